The van der Waals surface area contributed by atoms with Crippen LogP contribution in [0.5, 0.6) is 11.5 Å². The van der Waals surface area contributed by atoms with Gasteiger partial charge in [-0.1, -0.05) is 30.3 Å². The summed E-state index contributed by atoms with van der Waals surface area (Å²) in [7, 11) is 1.51. The number of carbonyl (C=O) groups excluding carboxylic acids is 2. The first-order chi connectivity index (χ1) is 13.5. The molecule has 144 valence electrons. The number of primary amides is 1. The van der Waals surface area contributed by atoms with Crippen LogP contribution in [0.25, 0.3) is 0 Å². The molecule has 28 heavy (non-hydrogen) atoms. The van der Waals surface area contributed by atoms with Gasteiger partial charge in [0.25, 0.3) is 5.91 Å². The lowest BCUT2D eigenvalue weighted by molar-refractivity contribution is -0.118. The molecule has 8 heteroatoms. The highest BCUT2D eigenvalue weighted by atomic mass is 16.5. The molecule has 0 spiro atoms. The summed E-state index contributed by atoms with van der Waals surface area (Å²) in [5, 5.41) is 6.67. The largest absolute Gasteiger partial charge is 0.493 e. The van der Waals surface area contributed by atoms with Crippen molar-refractivity contribution in [2.45, 2.75) is 13.2 Å². The van der Waals surface area contributed by atoms with Crippen LogP contribution in [0.1, 0.15) is 15.9 Å². The third-order valence-electron chi connectivity index (χ3n) is 3.87. The van der Waals surface area contributed by atoms with Crippen molar-refractivity contribution in [2.75, 3.05) is 12.4 Å². The first-order valence-corrected chi connectivity index (χ1v) is 8.52. The van der Waals surface area contributed by atoms with Crippen LogP contribution in [-0.2, 0) is 17.9 Å². The van der Waals surface area contributed by atoms with Crippen LogP contribution in [0.15, 0.2) is 60.9 Å². The number of carbonyl (C=O) groups is 2. The van der Waals surface area contributed by atoms with Gasteiger partial charge in [-0.3, -0.25) is 14.3 Å². The molecule has 0 fully saturated rings. The number of amides is 2. The predicted molar refractivity (Wildman–Crippen MR) is 103 cm³/mol. The Morgan fingerprint density at radius 3 is 2.64 bits per heavy atom. The smallest absolute Gasteiger partial charge is 0.255 e. The summed E-state index contributed by atoms with van der Waals surface area (Å²) in [6.45, 7) is 0.332. The van der Waals surface area contributed by atoms with E-state index >= 15 is 0 Å². The zero-order valence-corrected chi connectivity index (χ0v) is 15.3. The molecule has 0 aliphatic carbocycles. The quantitative estimate of drug-likeness (QED) is 0.623. The summed E-state index contributed by atoms with van der Waals surface area (Å²) in [6.07, 6.45) is 2.96. The number of methoxy groups -OCH3 is 1. The fourth-order valence-electron chi connectivity index (χ4n) is 2.54. The number of ether oxygens (including phenoxy) is 2. The lowest BCUT2D eigenvalue weighted by Crippen LogP contribution is -2.18. The summed E-state index contributed by atoms with van der Waals surface area (Å²) < 4.78 is 12.5. The molecule has 2 amide bonds. The van der Waals surface area contributed by atoms with E-state index in [0.717, 1.165) is 5.56 Å². The molecule has 0 unspecified atom stereocenters. The van der Waals surface area contributed by atoms with Gasteiger partial charge in [-0.2, -0.15) is 5.10 Å². The van der Waals surface area contributed by atoms with Crippen LogP contribution in [0.3, 0.4) is 0 Å². The van der Waals surface area contributed by atoms with Crippen molar-refractivity contribution in [1.29, 1.82) is 0 Å². The highest BCUT2D eigenvalue weighted by Crippen LogP contribution is 2.29. The second-order valence-corrected chi connectivity index (χ2v) is 5.99. The molecule has 0 saturated carbocycles. The average Bonchev–Trinajstić information content (AvgIpc) is 3.13. The minimum atomic E-state index is -0.517. The van der Waals surface area contributed by atoms with Crippen LogP contribution in [-0.4, -0.2) is 28.7 Å². The van der Waals surface area contributed by atoms with Gasteiger partial charge in [0, 0.05) is 11.8 Å². The minimum Gasteiger partial charge on any atom is -0.493 e. The van der Waals surface area contributed by atoms with Gasteiger partial charge in [0.05, 0.1) is 19.0 Å². The fraction of sp³-hybridized carbons (Fsp3) is 0.150. The summed E-state index contributed by atoms with van der Waals surface area (Å²) in [5.74, 6) is 0.133. The average molecular weight is 380 g/mol. The number of hydrogen-bond acceptors (Lipinski definition) is 5. The lowest BCUT2D eigenvalue weighted by Gasteiger charge is -2.12. The molecule has 1 heterocycles. The number of benzene rings is 2. The molecule has 0 aliphatic rings. The molecule has 3 rings (SSSR count). The third-order valence-corrected chi connectivity index (χ3v) is 3.87. The van der Waals surface area contributed by atoms with Gasteiger partial charge in [-0.25, -0.2) is 0 Å². The second-order valence-electron chi connectivity index (χ2n) is 5.99. The standard InChI is InChI=1S/C20H20N4O4/c1-27-18-9-15(7-8-17(18)28-13-14-5-3-2-4-6-14)20(26)23-16-10-22-24(11-16)12-19(21)25/h2-11H,12-13H2,1H3,(H2,21,25)(H,23,26). The molecule has 0 radical (unpaired) electrons. The molecule has 3 N–H and O–H groups in total. The Balaban J connectivity index is 1.67. The maximum atomic E-state index is 12.5. The Morgan fingerprint density at radius 1 is 1.14 bits per heavy atom. The van der Waals surface area contributed by atoms with Gasteiger partial charge in [-0.15, -0.1) is 0 Å². The Kier molecular flexibility index (Phi) is 5.91. The van der Waals surface area contributed by atoms with Crippen molar-refractivity contribution in [3.05, 3.63) is 72.1 Å². The first-order valence-electron chi connectivity index (χ1n) is 8.52. The summed E-state index contributed by atoms with van der Waals surface area (Å²) in [5.41, 5.74) is 7.00. The highest BCUT2D eigenvalue weighted by molar-refractivity contribution is 6.04. The first kappa shape index (κ1) is 19.0. The Labute approximate surface area is 161 Å². The Bertz CT molecular complexity index is 969. The number of nitrogens with two attached hydrogens (primary N) is 1. The molecule has 0 bridgehead atoms. The molecular formula is C20H20N4O4. The van der Waals surface area contributed by atoms with Gasteiger partial charge in [0.2, 0.25) is 5.91 Å². The molecule has 3 aromatic rings. The van der Waals surface area contributed by atoms with Gasteiger partial charge in [-0.05, 0) is 23.8 Å². The van der Waals surface area contributed by atoms with Gasteiger partial charge < -0.3 is 20.5 Å². The summed E-state index contributed by atoms with van der Waals surface area (Å²) in [4.78, 5) is 23.4. The van der Waals surface area contributed by atoms with Gasteiger partial charge in [0.15, 0.2) is 11.5 Å². The van der Waals surface area contributed by atoms with E-state index in [-0.39, 0.29) is 12.5 Å². The van der Waals surface area contributed by atoms with E-state index in [2.05, 4.69) is 10.4 Å². The lowest BCUT2D eigenvalue weighted by atomic mass is 10.2. The zero-order chi connectivity index (χ0) is 19.9. The zero-order valence-electron chi connectivity index (χ0n) is 15.3. The maximum absolute atomic E-state index is 12.5. The maximum Gasteiger partial charge on any atom is 0.255 e. The van der Waals surface area contributed by atoms with E-state index in [1.807, 2.05) is 30.3 Å². The van der Waals surface area contributed by atoms with E-state index < -0.39 is 5.91 Å². The summed E-state index contributed by atoms with van der Waals surface area (Å²) in [6, 6.07) is 14.7. The number of hydrogen-bond donors (Lipinski definition) is 2. The normalized spacial score (nSPS) is 10.3. The molecule has 0 saturated heterocycles. The molecule has 0 aliphatic heterocycles. The number of anilines is 1. The van der Waals surface area contributed by atoms with Crippen molar-refractivity contribution >= 4 is 17.5 Å². The van der Waals surface area contributed by atoms with E-state index in [1.54, 1.807) is 18.2 Å². The van der Waals surface area contributed by atoms with E-state index in [1.165, 1.54) is 24.2 Å². The topological polar surface area (TPSA) is 108 Å². The predicted octanol–water partition coefficient (Wildman–Crippen LogP) is 2.21. The second kappa shape index (κ2) is 8.72. The number of rotatable bonds is 8. The van der Waals surface area contributed by atoms with Crippen LogP contribution in [0.4, 0.5) is 5.69 Å². The van der Waals surface area contributed by atoms with Gasteiger partial charge in [0.1, 0.15) is 13.2 Å². The van der Waals surface area contributed by atoms with Crippen molar-refractivity contribution < 1.29 is 19.1 Å². The molecule has 0 atom stereocenters. The monoisotopic (exact) mass is 380 g/mol. The van der Waals surface area contributed by atoms with Crippen molar-refractivity contribution in [1.82, 2.24) is 9.78 Å². The van der Waals surface area contributed by atoms with E-state index in [4.69, 9.17) is 15.2 Å². The minimum absolute atomic E-state index is 0.0584. The number of nitrogens with one attached hydrogen (secondary N) is 1. The Hall–Kier alpha value is -3.81. The third kappa shape index (κ3) is 4.88. The summed E-state index contributed by atoms with van der Waals surface area (Å²) >= 11 is 0. The molecular weight excluding hydrogens is 360 g/mol. The molecule has 1 aromatic heterocycles. The fourth-order valence-corrected chi connectivity index (χ4v) is 2.54. The van der Waals surface area contributed by atoms with Crippen LogP contribution >= 0.6 is 0 Å². The van der Waals surface area contributed by atoms with Crippen LogP contribution in [0.2, 0.25) is 0 Å². The number of aromatic nitrogens is 2. The number of nitrogens with zero attached hydrogens (tertiary/aromatic N) is 2. The van der Waals surface area contributed by atoms with E-state index in [9.17, 15) is 9.59 Å². The molecule has 8 nitrogen and oxygen atoms in total. The molecule has 2 aromatic carbocycles. The van der Waals surface area contributed by atoms with Crippen LogP contribution in [0, 0.1) is 0 Å². The Morgan fingerprint density at radius 2 is 1.93 bits per heavy atom. The highest BCUT2D eigenvalue weighted by Gasteiger charge is 2.13. The van der Waals surface area contributed by atoms with Crippen molar-refractivity contribution in [2.24, 2.45) is 5.73 Å². The van der Waals surface area contributed by atoms with E-state index in [0.29, 0.717) is 29.4 Å². The van der Waals surface area contributed by atoms with Crippen LogP contribution < -0.4 is 20.5 Å². The van der Waals surface area contributed by atoms with Gasteiger partial charge >= 0.3 is 0 Å². The van der Waals surface area contributed by atoms with Crippen molar-refractivity contribution in [3.63, 3.8) is 0 Å². The van der Waals surface area contributed by atoms with Crippen molar-refractivity contribution in [3.8, 4) is 11.5 Å². The SMILES string of the molecule is COc1cc(C(=O)Nc2cnn(CC(N)=O)c2)ccc1OCc1ccccc1.